The molecule has 2 aromatic carbocycles. The van der Waals surface area contributed by atoms with Gasteiger partial charge in [-0.2, -0.15) is 5.10 Å². The molecule has 1 N–H and O–H groups in total. The Hall–Kier alpha value is -3.61. The van der Waals surface area contributed by atoms with Gasteiger partial charge in [0, 0.05) is 0 Å². The van der Waals surface area contributed by atoms with Crippen molar-refractivity contribution in [3.63, 3.8) is 0 Å². The largest absolute Gasteiger partial charge is 0.497 e. The van der Waals surface area contributed by atoms with Crippen LogP contribution in [-0.2, 0) is 9.53 Å². The van der Waals surface area contributed by atoms with Gasteiger partial charge in [0.1, 0.15) is 5.75 Å². The zero-order valence-corrected chi connectivity index (χ0v) is 15.9. The van der Waals surface area contributed by atoms with E-state index in [0.29, 0.717) is 22.7 Å². The maximum absolute atomic E-state index is 12.3. The first-order valence-electron chi connectivity index (χ1n) is 8.72. The number of hydrogen-bond donors (Lipinski definition) is 1. The van der Waals surface area contributed by atoms with Crippen LogP contribution in [0.3, 0.4) is 0 Å². The molecule has 0 aliphatic heterocycles. The van der Waals surface area contributed by atoms with E-state index in [2.05, 4.69) is 10.4 Å². The number of esters is 1. The molecule has 0 aliphatic rings. The highest BCUT2D eigenvalue weighted by Gasteiger charge is 2.17. The minimum absolute atomic E-state index is 0.316. The molecule has 1 aromatic heterocycles. The van der Waals surface area contributed by atoms with Gasteiger partial charge in [-0.1, -0.05) is 24.3 Å². The Morgan fingerprint density at radius 2 is 1.82 bits per heavy atom. The molecule has 0 spiro atoms. The molecule has 144 valence electrons. The van der Waals surface area contributed by atoms with E-state index in [1.165, 1.54) is 7.11 Å². The summed E-state index contributed by atoms with van der Waals surface area (Å²) in [5.41, 5.74) is 3.28. The van der Waals surface area contributed by atoms with Crippen molar-refractivity contribution in [2.24, 2.45) is 0 Å². The summed E-state index contributed by atoms with van der Waals surface area (Å²) in [6.07, 6.45) is 0. The molecule has 28 heavy (non-hydrogen) atoms. The van der Waals surface area contributed by atoms with Crippen molar-refractivity contribution >= 4 is 17.6 Å². The lowest BCUT2D eigenvalue weighted by atomic mass is 10.2. The zero-order valence-electron chi connectivity index (χ0n) is 15.9. The highest BCUT2D eigenvalue weighted by atomic mass is 16.5. The molecule has 0 bridgehead atoms. The third-order valence-corrected chi connectivity index (χ3v) is 4.20. The summed E-state index contributed by atoms with van der Waals surface area (Å²) >= 11 is 0. The van der Waals surface area contributed by atoms with Crippen molar-refractivity contribution in [3.05, 3.63) is 71.5 Å². The SMILES string of the molecule is COc1cccc(C(=O)OCC(=O)Nc2c(C)nn(-c3ccccc3)c2C)c1. The number of amides is 1. The third kappa shape index (κ3) is 4.20. The number of carbonyl (C=O) groups excluding carboxylic acids is 2. The van der Waals surface area contributed by atoms with Crippen LogP contribution in [0.5, 0.6) is 5.75 Å². The molecule has 3 aromatic rings. The first-order chi connectivity index (χ1) is 13.5. The molecule has 0 radical (unpaired) electrons. The van der Waals surface area contributed by atoms with Gasteiger partial charge >= 0.3 is 5.97 Å². The van der Waals surface area contributed by atoms with Crippen LogP contribution in [0.1, 0.15) is 21.7 Å². The highest BCUT2D eigenvalue weighted by Crippen LogP contribution is 2.22. The van der Waals surface area contributed by atoms with E-state index in [-0.39, 0.29) is 0 Å². The molecule has 0 fully saturated rings. The Morgan fingerprint density at radius 3 is 2.54 bits per heavy atom. The van der Waals surface area contributed by atoms with Crippen molar-refractivity contribution < 1.29 is 19.1 Å². The van der Waals surface area contributed by atoms with Crippen molar-refractivity contribution in [1.82, 2.24) is 9.78 Å². The van der Waals surface area contributed by atoms with Crippen LogP contribution in [0.25, 0.3) is 5.69 Å². The average Bonchev–Trinajstić information content (AvgIpc) is 3.01. The third-order valence-electron chi connectivity index (χ3n) is 4.20. The van der Waals surface area contributed by atoms with E-state index < -0.39 is 18.5 Å². The minimum atomic E-state index is -0.595. The zero-order chi connectivity index (χ0) is 20.1. The van der Waals surface area contributed by atoms with Gasteiger partial charge in [0.15, 0.2) is 6.61 Å². The summed E-state index contributed by atoms with van der Waals surface area (Å²) in [5.74, 6) is -0.490. The number of para-hydroxylation sites is 1. The smallest absolute Gasteiger partial charge is 0.338 e. The van der Waals surface area contributed by atoms with Gasteiger partial charge in [0.2, 0.25) is 0 Å². The molecule has 0 unspecified atom stereocenters. The topological polar surface area (TPSA) is 82.4 Å². The number of rotatable bonds is 6. The molecule has 3 rings (SSSR count). The highest BCUT2D eigenvalue weighted by molar-refractivity contribution is 5.96. The molecule has 7 heteroatoms. The molecule has 0 saturated heterocycles. The summed E-state index contributed by atoms with van der Waals surface area (Å²) in [5, 5.41) is 7.25. The first kappa shape index (κ1) is 19.2. The fraction of sp³-hybridized carbons (Fsp3) is 0.190. The van der Waals surface area contributed by atoms with E-state index in [0.717, 1.165) is 11.4 Å². The lowest BCUT2D eigenvalue weighted by molar-refractivity contribution is -0.119. The first-order valence-corrected chi connectivity index (χ1v) is 8.72. The maximum atomic E-state index is 12.3. The number of aromatic nitrogens is 2. The normalized spacial score (nSPS) is 10.4. The number of aryl methyl sites for hydroxylation is 1. The van der Waals surface area contributed by atoms with Crippen LogP contribution < -0.4 is 10.1 Å². The Balaban J connectivity index is 1.65. The van der Waals surface area contributed by atoms with Crippen LogP contribution in [-0.4, -0.2) is 35.4 Å². The average molecular weight is 379 g/mol. The number of ether oxygens (including phenoxy) is 2. The van der Waals surface area contributed by atoms with E-state index in [1.807, 2.05) is 44.2 Å². The molecule has 0 aliphatic carbocycles. The summed E-state index contributed by atoms with van der Waals surface area (Å²) in [6.45, 7) is 3.28. The van der Waals surface area contributed by atoms with Gasteiger partial charge in [0.05, 0.1) is 35.4 Å². The van der Waals surface area contributed by atoms with Crippen molar-refractivity contribution in [3.8, 4) is 11.4 Å². The van der Waals surface area contributed by atoms with Gasteiger partial charge in [-0.15, -0.1) is 0 Å². The summed E-state index contributed by atoms with van der Waals surface area (Å²) in [4.78, 5) is 24.4. The standard InChI is InChI=1S/C21H21N3O4/c1-14-20(15(2)24(23-14)17-9-5-4-6-10-17)22-19(25)13-28-21(26)16-8-7-11-18(12-16)27-3/h4-12H,13H2,1-3H3,(H,22,25). The second kappa shape index (κ2) is 8.39. The number of benzene rings is 2. The summed E-state index contributed by atoms with van der Waals surface area (Å²) in [6, 6.07) is 16.2. The van der Waals surface area contributed by atoms with Crippen LogP contribution in [0, 0.1) is 13.8 Å². The predicted octanol–water partition coefficient (Wildman–Crippen LogP) is 3.29. The Morgan fingerprint density at radius 1 is 1.07 bits per heavy atom. The number of nitrogens with one attached hydrogen (secondary N) is 1. The molecule has 1 heterocycles. The predicted molar refractivity (Wildman–Crippen MR) is 105 cm³/mol. The van der Waals surface area contributed by atoms with Crippen LogP contribution >= 0.6 is 0 Å². The van der Waals surface area contributed by atoms with Crippen LogP contribution in [0.15, 0.2) is 54.6 Å². The number of carbonyl (C=O) groups is 2. The second-order valence-electron chi connectivity index (χ2n) is 6.15. The number of hydrogen-bond acceptors (Lipinski definition) is 5. The number of nitrogens with zero attached hydrogens (tertiary/aromatic N) is 2. The number of anilines is 1. The molecule has 0 atom stereocenters. The summed E-state index contributed by atoms with van der Waals surface area (Å²) < 4.78 is 11.9. The Labute approximate surface area is 162 Å². The monoisotopic (exact) mass is 379 g/mol. The van der Waals surface area contributed by atoms with Gasteiger partial charge in [0.25, 0.3) is 5.91 Å². The van der Waals surface area contributed by atoms with Crippen LogP contribution in [0.2, 0.25) is 0 Å². The van der Waals surface area contributed by atoms with Gasteiger partial charge in [-0.25, -0.2) is 9.48 Å². The van der Waals surface area contributed by atoms with Crippen molar-refractivity contribution in [1.29, 1.82) is 0 Å². The maximum Gasteiger partial charge on any atom is 0.338 e. The van der Waals surface area contributed by atoms with Crippen LogP contribution in [0.4, 0.5) is 5.69 Å². The lowest BCUT2D eigenvalue weighted by Crippen LogP contribution is -2.21. The molecular formula is C21H21N3O4. The van der Waals surface area contributed by atoms with Crippen molar-refractivity contribution in [2.45, 2.75) is 13.8 Å². The lowest BCUT2D eigenvalue weighted by Gasteiger charge is -2.08. The minimum Gasteiger partial charge on any atom is -0.497 e. The van der Waals surface area contributed by atoms with E-state index >= 15 is 0 Å². The van der Waals surface area contributed by atoms with Crippen molar-refractivity contribution in [2.75, 3.05) is 19.0 Å². The molecule has 7 nitrogen and oxygen atoms in total. The summed E-state index contributed by atoms with van der Waals surface area (Å²) in [7, 11) is 1.51. The van der Waals surface area contributed by atoms with E-state index in [9.17, 15) is 9.59 Å². The van der Waals surface area contributed by atoms with E-state index in [4.69, 9.17) is 9.47 Å². The second-order valence-corrected chi connectivity index (χ2v) is 6.15. The van der Waals surface area contributed by atoms with Gasteiger partial charge in [-0.3, -0.25) is 4.79 Å². The van der Waals surface area contributed by atoms with E-state index in [1.54, 1.807) is 28.9 Å². The van der Waals surface area contributed by atoms with Gasteiger partial charge in [-0.05, 0) is 44.2 Å². The quantitative estimate of drug-likeness (QED) is 0.665. The molecular weight excluding hydrogens is 358 g/mol. The molecule has 0 saturated carbocycles. The number of methoxy groups -OCH3 is 1. The fourth-order valence-corrected chi connectivity index (χ4v) is 2.78. The molecule has 1 amide bonds. The fourth-order valence-electron chi connectivity index (χ4n) is 2.78. The van der Waals surface area contributed by atoms with Gasteiger partial charge < -0.3 is 14.8 Å². The Kier molecular flexibility index (Phi) is 5.74. The Bertz CT molecular complexity index is 996.